The van der Waals surface area contributed by atoms with Crippen molar-refractivity contribution in [1.82, 2.24) is 10.6 Å². The van der Waals surface area contributed by atoms with Crippen molar-refractivity contribution in [2.75, 3.05) is 13.1 Å². The molecule has 2 N–H and O–H groups in total. The lowest BCUT2D eigenvalue weighted by Gasteiger charge is -2.34. The fourth-order valence-electron chi connectivity index (χ4n) is 2.89. The van der Waals surface area contributed by atoms with Crippen LogP contribution in [0, 0.1) is 17.0 Å². The Morgan fingerprint density at radius 3 is 2.61 bits per heavy atom. The molecule has 0 aromatic heterocycles. The molecule has 1 aliphatic rings. The van der Waals surface area contributed by atoms with Gasteiger partial charge < -0.3 is 10.6 Å². The summed E-state index contributed by atoms with van der Waals surface area (Å²) >= 11 is 0. The smallest absolute Gasteiger partial charge is 0.220 e. The lowest BCUT2D eigenvalue weighted by atomic mass is 9.85. The minimum Gasteiger partial charge on any atom is -0.351 e. The molecule has 0 aliphatic carbocycles. The monoisotopic (exact) mass is 346 g/mol. The van der Waals surface area contributed by atoms with Crippen molar-refractivity contribution >= 4 is 18.3 Å². The number of piperidine rings is 1. The van der Waals surface area contributed by atoms with Crippen molar-refractivity contribution < 1.29 is 13.6 Å². The molecule has 0 bridgehead atoms. The number of hydrogen-bond acceptors (Lipinski definition) is 2. The van der Waals surface area contributed by atoms with Crippen LogP contribution in [0.2, 0.25) is 0 Å². The Bertz CT molecular complexity index is 546. The van der Waals surface area contributed by atoms with Gasteiger partial charge in [-0.3, -0.25) is 4.79 Å². The van der Waals surface area contributed by atoms with Crippen LogP contribution in [0.25, 0.3) is 0 Å². The summed E-state index contributed by atoms with van der Waals surface area (Å²) in [6.45, 7) is 7.48. The highest BCUT2D eigenvalue weighted by Gasteiger charge is 2.29. The normalized spacial score (nSPS) is 21.4. The van der Waals surface area contributed by atoms with E-state index in [9.17, 15) is 13.6 Å². The zero-order chi connectivity index (χ0) is 16.3. The summed E-state index contributed by atoms with van der Waals surface area (Å²) in [6.07, 6.45) is 1.22. The maximum atomic E-state index is 13.5. The van der Waals surface area contributed by atoms with E-state index in [2.05, 4.69) is 10.6 Å². The van der Waals surface area contributed by atoms with E-state index in [1.165, 1.54) is 6.07 Å². The van der Waals surface area contributed by atoms with Crippen molar-refractivity contribution in [3.63, 3.8) is 0 Å². The van der Waals surface area contributed by atoms with E-state index in [-0.39, 0.29) is 35.7 Å². The van der Waals surface area contributed by atoms with E-state index in [0.717, 1.165) is 24.6 Å². The zero-order valence-electron chi connectivity index (χ0n) is 13.8. The van der Waals surface area contributed by atoms with Gasteiger partial charge in [-0.2, -0.15) is 0 Å². The van der Waals surface area contributed by atoms with E-state index in [4.69, 9.17) is 0 Å². The first-order valence-corrected chi connectivity index (χ1v) is 7.71. The average molecular weight is 347 g/mol. The fraction of sp³-hybridized carbons (Fsp3) is 0.588. The van der Waals surface area contributed by atoms with Gasteiger partial charge in [-0.25, -0.2) is 8.78 Å². The van der Waals surface area contributed by atoms with Crippen LogP contribution in [0.15, 0.2) is 18.2 Å². The van der Waals surface area contributed by atoms with Gasteiger partial charge in [-0.05, 0) is 36.1 Å². The maximum absolute atomic E-state index is 13.5. The molecule has 1 aliphatic heterocycles. The van der Waals surface area contributed by atoms with Gasteiger partial charge in [-0.15, -0.1) is 12.4 Å². The second-order valence-corrected chi connectivity index (χ2v) is 7.18. The molecular weight excluding hydrogens is 322 g/mol. The molecule has 0 saturated carbocycles. The van der Waals surface area contributed by atoms with Crippen LogP contribution >= 0.6 is 12.4 Å². The van der Waals surface area contributed by atoms with Crippen LogP contribution < -0.4 is 10.6 Å². The van der Waals surface area contributed by atoms with Crippen molar-refractivity contribution in [2.24, 2.45) is 5.41 Å². The molecule has 0 spiro atoms. The first-order valence-electron chi connectivity index (χ1n) is 7.71. The highest BCUT2D eigenvalue weighted by atomic mass is 35.5. The predicted octanol–water partition coefficient (Wildman–Crippen LogP) is 3.38. The average Bonchev–Trinajstić information content (AvgIpc) is 2.40. The highest BCUT2D eigenvalue weighted by molar-refractivity contribution is 5.85. The predicted molar refractivity (Wildman–Crippen MR) is 89.8 cm³/mol. The molecule has 1 saturated heterocycles. The highest BCUT2D eigenvalue weighted by Crippen LogP contribution is 2.27. The van der Waals surface area contributed by atoms with Gasteiger partial charge in [0, 0.05) is 24.9 Å². The van der Waals surface area contributed by atoms with Crippen LogP contribution in [-0.4, -0.2) is 25.0 Å². The quantitative estimate of drug-likeness (QED) is 0.881. The summed E-state index contributed by atoms with van der Waals surface area (Å²) in [5.41, 5.74) is 0.658. The first-order chi connectivity index (χ1) is 10.3. The third-order valence-electron chi connectivity index (χ3n) is 3.89. The minimum absolute atomic E-state index is 0. The molecule has 2 atom stereocenters. The lowest BCUT2D eigenvalue weighted by molar-refractivity contribution is -0.123. The second kappa shape index (κ2) is 8.06. The number of hydrogen-bond donors (Lipinski definition) is 2. The maximum Gasteiger partial charge on any atom is 0.220 e. The van der Waals surface area contributed by atoms with E-state index in [1.807, 2.05) is 20.8 Å². The van der Waals surface area contributed by atoms with Crippen LogP contribution in [-0.2, 0) is 4.79 Å². The van der Waals surface area contributed by atoms with Gasteiger partial charge in [0.05, 0.1) is 0 Å². The molecular formula is C17H25ClF2N2O. The first kappa shape index (κ1) is 19.8. The van der Waals surface area contributed by atoms with Crippen molar-refractivity contribution in [2.45, 2.75) is 45.6 Å². The molecule has 6 heteroatoms. The third kappa shape index (κ3) is 5.74. The second-order valence-electron chi connectivity index (χ2n) is 7.18. The van der Waals surface area contributed by atoms with Crippen LogP contribution in [0.5, 0.6) is 0 Å². The Morgan fingerprint density at radius 2 is 2.00 bits per heavy atom. The summed E-state index contributed by atoms with van der Waals surface area (Å²) < 4.78 is 26.6. The lowest BCUT2D eigenvalue weighted by Crippen LogP contribution is -2.50. The summed E-state index contributed by atoms with van der Waals surface area (Å²) in [5, 5.41) is 6.29. The molecule has 2 rings (SSSR count). The Labute approximate surface area is 142 Å². The molecule has 3 nitrogen and oxygen atoms in total. The van der Waals surface area contributed by atoms with E-state index in [1.54, 1.807) is 6.07 Å². The van der Waals surface area contributed by atoms with Crippen molar-refractivity contribution in [3.8, 4) is 0 Å². The summed E-state index contributed by atoms with van der Waals surface area (Å²) in [5.74, 6) is -1.68. The van der Waals surface area contributed by atoms with Gasteiger partial charge in [0.25, 0.3) is 0 Å². The largest absolute Gasteiger partial charge is 0.351 e. The summed E-state index contributed by atoms with van der Waals surface area (Å²) in [4.78, 5) is 12.2. The van der Waals surface area contributed by atoms with Gasteiger partial charge in [0.15, 0.2) is 11.6 Å². The summed E-state index contributed by atoms with van der Waals surface area (Å²) in [6, 6.07) is 3.90. The molecule has 2 unspecified atom stereocenters. The van der Waals surface area contributed by atoms with Crippen LogP contribution in [0.3, 0.4) is 0 Å². The Balaban J connectivity index is 0.00000264. The molecule has 1 heterocycles. The van der Waals surface area contributed by atoms with Crippen molar-refractivity contribution in [1.29, 1.82) is 0 Å². The fourth-order valence-corrected chi connectivity index (χ4v) is 2.89. The van der Waals surface area contributed by atoms with E-state index < -0.39 is 11.6 Å². The molecule has 130 valence electrons. The van der Waals surface area contributed by atoms with Gasteiger partial charge in [0.2, 0.25) is 5.91 Å². The SMILES string of the molecule is CC(C)(C)CC(=O)NC1CNCCC1c1ccc(F)c(F)c1.Cl. The molecule has 1 aromatic carbocycles. The molecule has 1 aromatic rings. The van der Waals surface area contributed by atoms with Crippen LogP contribution in [0.4, 0.5) is 8.78 Å². The number of benzene rings is 1. The Morgan fingerprint density at radius 1 is 1.30 bits per heavy atom. The number of rotatable bonds is 3. The number of amides is 1. The molecule has 1 amide bonds. The topological polar surface area (TPSA) is 41.1 Å². The van der Waals surface area contributed by atoms with Gasteiger partial charge >= 0.3 is 0 Å². The minimum atomic E-state index is -0.842. The number of nitrogens with one attached hydrogen (secondary N) is 2. The van der Waals surface area contributed by atoms with E-state index in [0.29, 0.717) is 13.0 Å². The Kier molecular flexibility index (Phi) is 6.96. The molecule has 0 radical (unpaired) electrons. The van der Waals surface area contributed by atoms with Crippen LogP contribution in [0.1, 0.15) is 45.1 Å². The summed E-state index contributed by atoms with van der Waals surface area (Å²) in [7, 11) is 0. The van der Waals surface area contributed by atoms with E-state index >= 15 is 0 Å². The van der Waals surface area contributed by atoms with Crippen molar-refractivity contribution in [3.05, 3.63) is 35.4 Å². The number of carbonyl (C=O) groups excluding carboxylic acids is 1. The standard InChI is InChI=1S/C17H24F2N2O.ClH/c1-17(2,3)9-16(22)21-15-10-20-7-6-12(15)11-4-5-13(18)14(19)8-11;/h4-5,8,12,15,20H,6-7,9-10H2,1-3H3,(H,21,22);1H. The molecule has 1 fully saturated rings. The van der Waals surface area contributed by atoms with Gasteiger partial charge in [-0.1, -0.05) is 26.8 Å². The van der Waals surface area contributed by atoms with Gasteiger partial charge in [0.1, 0.15) is 0 Å². The Hall–Kier alpha value is -1.20. The third-order valence-corrected chi connectivity index (χ3v) is 3.89. The number of halogens is 3. The number of carbonyl (C=O) groups is 1. The zero-order valence-corrected chi connectivity index (χ0v) is 14.6. The molecule has 23 heavy (non-hydrogen) atoms.